The van der Waals surface area contributed by atoms with Gasteiger partial charge in [-0.2, -0.15) is 0 Å². The topological polar surface area (TPSA) is 118 Å². The summed E-state index contributed by atoms with van der Waals surface area (Å²) in [5.74, 6) is -3.35. The lowest BCUT2D eigenvalue weighted by atomic mass is 9.84. The molecular formula is C30H28O9. The van der Waals surface area contributed by atoms with Crippen molar-refractivity contribution in [1.29, 1.82) is 0 Å². The van der Waals surface area contributed by atoms with E-state index in [9.17, 15) is 19.5 Å². The Morgan fingerprint density at radius 3 is 1.33 bits per heavy atom. The van der Waals surface area contributed by atoms with E-state index in [4.69, 9.17) is 23.7 Å². The second-order valence-corrected chi connectivity index (χ2v) is 9.76. The summed E-state index contributed by atoms with van der Waals surface area (Å²) in [6, 6.07) is 24.7. The molecule has 202 valence electrons. The SMILES string of the molecule is CC1(C)O[C@@H]2[C@@H](OC(=O)c3ccccc3)[C@H](OC(=O)c3ccccc3)[C@H](O)[C@H](OC(=O)c3ccccc3)[C@H]2O1. The van der Waals surface area contributed by atoms with Crippen LogP contribution < -0.4 is 0 Å². The molecule has 2 aliphatic rings. The van der Waals surface area contributed by atoms with Crippen LogP contribution in [0.3, 0.4) is 0 Å². The van der Waals surface area contributed by atoms with Gasteiger partial charge < -0.3 is 28.8 Å². The number of benzene rings is 3. The van der Waals surface area contributed by atoms with E-state index in [2.05, 4.69) is 0 Å². The zero-order chi connectivity index (χ0) is 27.6. The van der Waals surface area contributed by atoms with Crippen LogP contribution in [0, 0.1) is 0 Å². The second-order valence-electron chi connectivity index (χ2n) is 9.76. The fourth-order valence-corrected chi connectivity index (χ4v) is 4.79. The van der Waals surface area contributed by atoms with Gasteiger partial charge in [0.15, 0.2) is 24.1 Å². The molecular weight excluding hydrogens is 504 g/mol. The Hall–Kier alpha value is -4.05. The van der Waals surface area contributed by atoms with Gasteiger partial charge in [0.05, 0.1) is 16.7 Å². The van der Waals surface area contributed by atoms with E-state index in [0.29, 0.717) is 0 Å². The number of carbonyl (C=O) groups excluding carboxylic acids is 3. The molecule has 1 heterocycles. The van der Waals surface area contributed by atoms with Gasteiger partial charge >= 0.3 is 17.9 Å². The average molecular weight is 533 g/mol. The molecule has 0 aromatic heterocycles. The molecule has 5 rings (SSSR count). The Labute approximate surface area is 225 Å². The summed E-state index contributed by atoms with van der Waals surface area (Å²) in [6.45, 7) is 3.30. The number of fused-ring (bicyclic) bond motifs is 1. The first-order valence-corrected chi connectivity index (χ1v) is 12.6. The van der Waals surface area contributed by atoms with Crippen LogP contribution in [0.2, 0.25) is 0 Å². The highest BCUT2D eigenvalue weighted by Crippen LogP contribution is 2.41. The van der Waals surface area contributed by atoms with E-state index < -0.39 is 60.3 Å². The van der Waals surface area contributed by atoms with Crippen LogP contribution in [0.1, 0.15) is 44.9 Å². The van der Waals surface area contributed by atoms with Crippen LogP contribution in [0.25, 0.3) is 0 Å². The molecule has 0 amide bonds. The molecule has 0 unspecified atom stereocenters. The first-order chi connectivity index (χ1) is 18.7. The number of rotatable bonds is 6. The molecule has 1 saturated carbocycles. The van der Waals surface area contributed by atoms with Gasteiger partial charge in [0.25, 0.3) is 0 Å². The number of ether oxygens (including phenoxy) is 5. The number of hydrogen-bond acceptors (Lipinski definition) is 9. The molecule has 0 radical (unpaired) electrons. The maximum atomic E-state index is 13.1. The smallest absolute Gasteiger partial charge is 0.338 e. The van der Waals surface area contributed by atoms with Crippen molar-refractivity contribution >= 4 is 17.9 Å². The summed E-state index contributed by atoms with van der Waals surface area (Å²) in [4.78, 5) is 39.1. The predicted molar refractivity (Wildman–Crippen MR) is 137 cm³/mol. The highest BCUT2D eigenvalue weighted by atomic mass is 16.8. The summed E-state index contributed by atoms with van der Waals surface area (Å²) >= 11 is 0. The van der Waals surface area contributed by atoms with E-state index in [0.717, 1.165) is 0 Å². The molecule has 0 bridgehead atoms. The van der Waals surface area contributed by atoms with Crippen molar-refractivity contribution in [3.05, 3.63) is 108 Å². The quantitative estimate of drug-likeness (QED) is 0.376. The zero-order valence-corrected chi connectivity index (χ0v) is 21.3. The molecule has 3 aromatic rings. The highest BCUT2D eigenvalue weighted by Gasteiger charge is 2.62. The number of hydrogen-bond donors (Lipinski definition) is 1. The van der Waals surface area contributed by atoms with Gasteiger partial charge in [0.1, 0.15) is 18.3 Å². The summed E-state index contributed by atoms with van der Waals surface area (Å²) in [5, 5.41) is 11.5. The first-order valence-electron chi connectivity index (χ1n) is 12.6. The van der Waals surface area contributed by atoms with Crippen molar-refractivity contribution < 1.29 is 43.2 Å². The highest BCUT2D eigenvalue weighted by molar-refractivity contribution is 5.91. The molecule has 1 aliphatic carbocycles. The molecule has 3 aromatic carbocycles. The van der Waals surface area contributed by atoms with Gasteiger partial charge in [-0.1, -0.05) is 54.6 Å². The van der Waals surface area contributed by atoms with Crippen molar-refractivity contribution in [3.63, 3.8) is 0 Å². The molecule has 0 spiro atoms. The van der Waals surface area contributed by atoms with Crippen molar-refractivity contribution in [2.24, 2.45) is 0 Å². The van der Waals surface area contributed by atoms with Gasteiger partial charge in [-0.15, -0.1) is 0 Å². The van der Waals surface area contributed by atoms with E-state index in [1.54, 1.807) is 105 Å². The monoisotopic (exact) mass is 532 g/mol. The molecule has 6 atom stereocenters. The number of esters is 3. The Balaban J connectivity index is 1.49. The number of aliphatic hydroxyl groups is 1. The summed E-state index contributed by atoms with van der Waals surface area (Å²) < 4.78 is 29.4. The number of carbonyl (C=O) groups is 3. The average Bonchev–Trinajstić information content (AvgIpc) is 3.28. The van der Waals surface area contributed by atoms with Crippen LogP contribution in [0.4, 0.5) is 0 Å². The lowest BCUT2D eigenvalue weighted by molar-refractivity contribution is -0.194. The van der Waals surface area contributed by atoms with Gasteiger partial charge in [0.2, 0.25) is 0 Å². The maximum absolute atomic E-state index is 13.1. The second kappa shape index (κ2) is 11.0. The molecule has 2 fully saturated rings. The minimum atomic E-state index is -1.61. The van der Waals surface area contributed by atoms with Crippen LogP contribution >= 0.6 is 0 Å². The molecule has 39 heavy (non-hydrogen) atoms. The van der Waals surface area contributed by atoms with Gasteiger partial charge in [-0.3, -0.25) is 0 Å². The molecule has 1 saturated heterocycles. The fraction of sp³-hybridized carbons (Fsp3) is 0.300. The molecule has 1 N–H and O–H groups in total. The van der Waals surface area contributed by atoms with Crippen LogP contribution in [0.15, 0.2) is 91.0 Å². The van der Waals surface area contributed by atoms with E-state index in [1.165, 1.54) is 0 Å². The largest absolute Gasteiger partial charge is 0.453 e. The Morgan fingerprint density at radius 1 is 0.590 bits per heavy atom. The van der Waals surface area contributed by atoms with E-state index in [-0.39, 0.29) is 16.7 Å². The standard InChI is InChI=1S/C30H28O9/c1-30(2)38-25-23(36-28(33)19-14-8-4-9-15-19)21(31)22(35-27(32)18-12-6-3-7-13-18)24(26(25)39-30)37-29(34)20-16-10-5-11-17-20/h3-17,21-26,31H,1-2H3/t21-,22+,23-,24-,25+,26+/m0/s1. The van der Waals surface area contributed by atoms with Crippen LogP contribution in [0.5, 0.6) is 0 Å². The lowest BCUT2D eigenvalue weighted by Crippen LogP contribution is -2.65. The minimum Gasteiger partial charge on any atom is -0.453 e. The first kappa shape index (κ1) is 26.6. The molecule has 1 aliphatic heterocycles. The van der Waals surface area contributed by atoms with Gasteiger partial charge in [-0.25, -0.2) is 14.4 Å². The third-order valence-electron chi connectivity index (χ3n) is 6.57. The third kappa shape index (κ3) is 5.70. The minimum absolute atomic E-state index is 0.224. The van der Waals surface area contributed by atoms with Crippen LogP contribution in [-0.2, 0) is 23.7 Å². The maximum Gasteiger partial charge on any atom is 0.338 e. The summed E-state index contributed by atoms with van der Waals surface area (Å²) in [7, 11) is 0. The third-order valence-corrected chi connectivity index (χ3v) is 6.57. The normalized spacial score (nSPS) is 27.2. The predicted octanol–water partition coefficient (Wildman–Crippen LogP) is 3.56. The van der Waals surface area contributed by atoms with Gasteiger partial charge in [-0.05, 0) is 50.2 Å². The Bertz CT molecular complexity index is 1310. The molecule has 9 nitrogen and oxygen atoms in total. The van der Waals surface area contributed by atoms with Crippen molar-refractivity contribution in [2.45, 2.75) is 56.3 Å². The van der Waals surface area contributed by atoms with E-state index in [1.807, 2.05) is 0 Å². The van der Waals surface area contributed by atoms with Crippen molar-refractivity contribution in [3.8, 4) is 0 Å². The molecule has 9 heteroatoms. The van der Waals surface area contributed by atoms with Crippen molar-refractivity contribution in [2.75, 3.05) is 0 Å². The van der Waals surface area contributed by atoms with Crippen LogP contribution in [-0.4, -0.2) is 65.4 Å². The fourth-order valence-electron chi connectivity index (χ4n) is 4.79. The zero-order valence-electron chi connectivity index (χ0n) is 21.3. The van der Waals surface area contributed by atoms with Crippen molar-refractivity contribution in [1.82, 2.24) is 0 Å². The van der Waals surface area contributed by atoms with E-state index >= 15 is 0 Å². The Kier molecular flexibility index (Phi) is 7.47. The number of aliphatic hydroxyl groups excluding tert-OH is 1. The summed E-state index contributed by atoms with van der Waals surface area (Å²) in [6.07, 6.45) is -7.69. The van der Waals surface area contributed by atoms with Gasteiger partial charge in [0, 0.05) is 0 Å². The Morgan fingerprint density at radius 2 is 0.923 bits per heavy atom. The lowest BCUT2D eigenvalue weighted by Gasteiger charge is -2.43. The summed E-state index contributed by atoms with van der Waals surface area (Å²) in [5.41, 5.74) is 0.740.